The average Bonchev–Trinajstić information content (AvgIpc) is 3.09. The summed E-state index contributed by atoms with van der Waals surface area (Å²) in [5.74, 6) is -0.0248. The van der Waals surface area contributed by atoms with Crippen molar-refractivity contribution in [3.8, 4) is 0 Å². The van der Waals surface area contributed by atoms with E-state index in [1.54, 1.807) is 0 Å². The van der Waals surface area contributed by atoms with E-state index in [1.165, 1.54) is 128 Å². The summed E-state index contributed by atoms with van der Waals surface area (Å²) in [5.41, 5.74) is 0. The van der Waals surface area contributed by atoms with Gasteiger partial charge in [-0.05, 0) is 25.2 Å². The maximum Gasteiger partial charge on any atom is 0.306 e. The van der Waals surface area contributed by atoms with Gasteiger partial charge < -0.3 is 14.2 Å². The van der Waals surface area contributed by atoms with Gasteiger partial charge in [0.1, 0.15) is 13.2 Å². The van der Waals surface area contributed by atoms with Crippen LogP contribution in [0.1, 0.15) is 240 Å². The number of esters is 3. The summed E-state index contributed by atoms with van der Waals surface area (Å²) in [4.78, 5) is 37.3. The molecule has 0 aliphatic heterocycles. The summed E-state index contributed by atoms with van der Waals surface area (Å²) in [5, 5.41) is 0. The molecule has 0 heterocycles. The minimum absolute atomic E-state index is 0.0655. The van der Waals surface area contributed by atoms with E-state index < -0.39 is 6.10 Å². The Morgan fingerprint density at radius 3 is 0.980 bits per heavy atom. The Kier molecular flexibility index (Phi) is 37.4. The summed E-state index contributed by atoms with van der Waals surface area (Å²) >= 11 is 0. The summed E-state index contributed by atoms with van der Waals surface area (Å²) in [6, 6.07) is 0. The molecule has 296 valence electrons. The number of ether oxygens (including phenoxy) is 3. The van der Waals surface area contributed by atoms with Crippen LogP contribution in [0.15, 0.2) is 0 Å². The van der Waals surface area contributed by atoms with E-state index in [2.05, 4.69) is 27.7 Å². The lowest BCUT2D eigenvalue weighted by molar-refractivity contribution is -0.167. The monoisotopic (exact) mass is 709 g/mol. The topological polar surface area (TPSA) is 78.9 Å². The fraction of sp³-hybridized carbons (Fsp3) is 0.932. The molecule has 0 spiro atoms. The Bertz CT molecular complexity index is 751. The predicted molar refractivity (Wildman–Crippen MR) is 210 cm³/mol. The first kappa shape index (κ1) is 48.4. The van der Waals surface area contributed by atoms with Crippen LogP contribution in [0.4, 0.5) is 0 Å². The summed E-state index contributed by atoms with van der Waals surface area (Å²) in [6.07, 6.45) is 36.9. The molecule has 0 fully saturated rings. The van der Waals surface area contributed by atoms with Crippen molar-refractivity contribution in [1.82, 2.24) is 0 Å². The molecular weight excluding hydrogens is 624 g/mol. The first-order valence-electron chi connectivity index (χ1n) is 21.9. The van der Waals surface area contributed by atoms with Crippen LogP contribution in [0.25, 0.3) is 0 Å². The Labute approximate surface area is 310 Å². The van der Waals surface area contributed by atoms with Gasteiger partial charge in [-0.2, -0.15) is 0 Å². The van der Waals surface area contributed by atoms with Crippen LogP contribution in [0.3, 0.4) is 0 Å². The lowest BCUT2D eigenvalue weighted by Crippen LogP contribution is -2.30. The van der Waals surface area contributed by atoms with E-state index in [4.69, 9.17) is 14.2 Å². The molecule has 0 aromatic heterocycles. The molecule has 1 atom stereocenters. The van der Waals surface area contributed by atoms with Crippen LogP contribution in [0.2, 0.25) is 0 Å². The third kappa shape index (κ3) is 37.7. The van der Waals surface area contributed by atoms with Crippen LogP contribution in [0, 0.1) is 5.92 Å². The predicted octanol–water partition coefficient (Wildman–Crippen LogP) is 13.6. The van der Waals surface area contributed by atoms with Gasteiger partial charge in [0.2, 0.25) is 0 Å². The van der Waals surface area contributed by atoms with Gasteiger partial charge in [0.25, 0.3) is 0 Å². The van der Waals surface area contributed by atoms with E-state index >= 15 is 0 Å². The molecule has 0 rings (SSSR count). The largest absolute Gasteiger partial charge is 0.462 e. The van der Waals surface area contributed by atoms with Gasteiger partial charge in [-0.1, -0.05) is 201 Å². The molecule has 0 radical (unpaired) electrons. The van der Waals surface area contributed by atoms with Crippen molar-refractivity contribution < 1.29 is 28.6 Å². The molecule has 6 heteroatoms. The lowest BCUT2D eigenvalue weighted by atomic mass is 10.0. The van der Waals surface area contributed by atoms with Crippen LogP contribution >= 0.6 is 0 Å². The number of unbranched alkanes of at least 4 members (excludes halogenated alkanes) is 26. The maximum atomic E-state index is 12.5. The molecule has 6 nitrogen and oxygen atoms in total. The van der Waals surface area contributed by atoms with Gasteiger partial charge in [0, 0.05) is 19.3 Å². The first-order valence-corrected chi connectivity index (χ1v) is 21.9. The van der Waals surface area contributed by atoms with Gasteiger partial charge >= 0.3 is 17.9 Å². The summed E-state index contributed by atoms with van der Waals surface area (Å²) in [6.45, 7) is 8.90. The minimum Gasteiger partial charge on any atom is -0.462 e. The zero-order valence-corrected chi connectivity index (χ0v) is 33.9. The second-order valence-electron chi connectivity index (χ2n) is 15.5. The number of hydrogen-bond donors (Lipinski definition) is 0. The second-order valence-corrected chi connectivity index (χ2v) is 15.5. The van der Waals surface area contributed by atoms with Crippen LogP contribution < -0.4 is 0 Å². The van der Waals surface area contributed by atoms with Crippen LogP contribution in [-0.4, -0.2) is 37.2 Å². The van der Waals surface area contributed by atoms with Gasteiger partial charge in [0.05, 0.1) is 0 Å². The zero-order chi connectivity index (χ0) is 36.8. The van der Waals surface area contributed by atoms with Crippen molar-refractivity contribution in [3.63, 3.8) is 0 Å². The number of carbonyl (C=O) groups excluding carboxylic acids is 3. The van der Waals surface area contributed by atoms with Crippen LogP contribution in [-0.2, 0) is 28.6 Å². The Morgan fingerprint density at radius 1 is 0.380 bits per heavy atom. The van der Waals surface area contributed by atoms with E-state index in [0.717, 1.165) is 70.1 Å². The molecule has 0 aromatic carbocycles. The smallest absolute Gasteiger partial charge is 0.306 e. The van der Waals surface area contributed by atoms with E-state index in [9.17, 15) is 14.4 Å². The van der Waals surface area contributed by atoms with Gasteiger partial charge in [-0.15, -0.1) is 0 Å². The van der Waals surface area contributed by atoms with Crippen molar-refractivity contribution in [3.05, 3.63) is 0 Å². The molecule has 0 amide bonds. The molecule has 0 aliphatic rings. The maximum absolute atomic E-state index is 12.5. The minimum atomic E-state index is -0.756. The highest BCUT2D eigenvalue weighted by Gasteiger charge is 2.19. The second kappa shape index (κ2) is 38.6. The number of rotatable bonds is 39. The molecule has 0 aliphatic carbocycles. The van der Waals surface area contributed by atoms with Gasteiger partial charge in [0.15, 0.2) is 6.10 Å². The van der Waals surface area contributed by atoms with E-state index in [0.29, 0.717) is 19.3 Å². The molecular formula is C44H84O6. The van der Waals surface area contributed by atoms with Crippen molar-refractivity contribution in [2.45, 2.75) is 246 Å². The van der Waals surface area contributed by atoms with Crippen LogP contribution in [0.5, 0.6) is 0 Å². The Morgan fingerprint density at radius 2 is 0.660 bits per heavy atom. The van der Waals surface area contributed by atoms with Gasteiger partial charge in [-0.3, -0.25) is 14.4 Å². The molecule has 0 aromatic rings. The normalized spacial score (nSPS) is 11.9. The molecule has 0 N–H and O–H groups in total. The van der Waals surface area contributed by atoms with Crippen molar-refractivity contribution in [1.29, 1.82) is 0 Å². The fourth-order valence-electron chi connectivity index (χ4n) is 6.45. The first-order chi connectivity index (χ1) is 24.4. The highest BCUT2D eigenvalue weighted by Crippen LogP contribution is 2.16. The standard InChI is InChI=1S/C44H84O6/c1-5-7-9-11-12-20-24-28-31-35-42(45)48-38-41(50-44(47)37-33-26-10-8-6-2)39-49-43(46)36-32-29-25-22-19-17-15-13-14-16-18-21-23-27-30-34-40(3)4/h40-41H,5-39H2,1-4H3/t41-/m0/s1. The van der Waals surface area contributed by atoms with Gasteiger partial charge in [-0.25, -0.2) is 0 Å². The third-order valence-electron chi connectivity index (χ3n) is 9.79. The average molecular weight is 709 g/mol. The van der Waals surface area contributed by atoms with E-state index in [-0.39, 0.29) is 31.1 Å². The third-order valence-corrected chi connectivity index (χ3v) is 9.79. The summed E-state index contributed by atoms with van der Waals surface area (Å²) < 4.78 is 16.5. The number of carbonyl (C=O) groups is 3. The zero-order valence-electron chi connectivity index (χ0n) is 33.9. The van der Waals surface area contributed by atoms with E-state index in [1.807, 2.05) is 0 Å². The molecule has 0 saturated carbocycles. The van der Waals surface area contributed by atoms with Crippen molar-refractivity contribution in [2.24, 2.45) is 5.92 Å². The Balaban J connectivity index is 4.08. The quantitative estimate of drug-likeness (QED) is 0.0359. The highest BCUT2D eigenvalue weighted by molar-refractivity contribution is 5.71. The highest BCUT2D eigenvalue weighted by atomic mass is 16.6. The fourth-order valence-corrected chi connectivity index (χ4v) is 6.45. The summed E-state index contributed by atoms with van der Waals surface area (Å²) in [7, 11) is 0. The Hall–Kier alpha value is -1.59. The van der Waals surface area contributed by atoms with Crippen molar-refractivity contribution in [2.75, 3.05) is 13.2 Å². The molecule has 50 heavy (non-hydrogen) atoms. The van der Waals surface area contributed by atoms with Crippen molar-refractivity contribution >= 4 is 17.9 Å². The SMILES string of the molecule is CCCCCCCCCCCC(=O)OC[C@@H](COC(=O)CCCCCCCCCCCCCCCCCC(C)C)OC(=O)CCCCCCC. The molecule has 0 saturated heterocycles. The molecule has 0 unspecified atom stereocenters. The lowest BCUT2D eigenvalue weighted by Gasteiger charge is -2.18. The molecule has 0 bridgehead atoms. The number of hydrogen-bond acceptors (Lipinski definition) is 6.